The predicted octanol–water partition coefficient (Wildman–Crippen LogP) is 1.09. The van der Waals surface area contributed by atoms with Crippen LogP contribution in [0, 0.1) is 0 Å². The molecule has 0 amide bonds. The zero-order chi connectivity index (χ0) is 9.27. The van der Waals surface area contributed by atoms with Crippen LogP contribution in [0.3, 0.4) is 0 Å². The summed E-state index contributed by atoms with van der Waals surface area (Å²) in [6, 6.07) is 8.90. The van der Waals surface area contributed by atoms with E-state index in [0.717, 1.165) is 12.2 Å². The first-order valence-electron chi connectivity index (χ1n) is 3.63. The fraction of sp³-hybridized carbons (Fsp3) is 0.250. The second-order valence-corrected chi connectivity index (χ2v) is 6.79. The normalized spacial score (nSPS) is 15.2. The van der Waals surface area contributed by atoms with Crippen molar-refractivity contribution < 1.29 is 14.7 Å². The molecule has 0 aliphatic heterocycles. The first kappa shape index (κ1) is 9.62. The van der Waals surface area contributed by atoms with E-state index in [2.05, 4.69) is 0 Å². The second kappa shape index (κ2) is 2.79. The number of rotatable bonds is 2. The number of hydrogen-bond acceptors (Lipinski definition) is 3. The van der Waals surface area contributed by atoms with Gasteiger partial charge in [0.25, 0.3) is 0 Å². The molecule has 0 radical (unpaired) electrons. The Morgan fingerprint density at radius 3 is 2.00 bits per heavy atom. The van der Waals surface area contributed by atoms with Gasteiger partial charge in [-0.3, -0.25) is 0 Å². The molecule has 4 heteroatoms. The molecule has 1 aromatic carbocycles. The van der Waals surface area contributed by atoms with Crippen molar-refractivity contribution in [3.8, 4) is 0 Å². The number of benzene rings is 1. The Morgan fingerprint density at radius 1 is 1.08 bits per heavy atom. The average molecular weight is 188 g/mol. The van der Waals surface area contributed by atoms with E-state index in [1.54, 1.807) is 24.3 Å². The van der Waals surface area contributed by atoms with Crippen molar-refractivity contribution in [1.82, 2.24) is 0 Å². The van der Waals surface area contributed by atoms with Crippen molar-refractivity contribution in [3.63, 3.8) is 0 Å². The fourth-order valence-corrected chi connectivity index (χ4v) is 2.08. The third-order valence-electron chi connectivity index (χ3n) is 1.40. The van der Waals surface area contributed by atoms with Crippen LogP contribution in [-0.4, -0.2) is 21.3 Å². The van der Waals surface area contributed by atoms with E-state index < -0.39 is 7.28 Å². The van der Waals surface area contributed by atoms with Crippen LogP contribution in [0.25, 0.3) is 0 Å². The Bertz CT molecular complexity index is 253. The Kier molecular flexibility index (Phi) is 2.23. The van der Waals surface area contributed by atoms with Gasteiger partial charge in [-0.25, -0.2) is 0 Å². The molecular formula is C8H13O3P. The van der Waals surface area contributed by atoms with E-state index in [-0.39, 0.29) is 6.16 Å². The molecule has 0 saturated heterocycles. The van der Waals surface area contributed by atoms with Gasteiger partial charge < -0.3 is 0 Å². The molecule has 0 atom stereocenters. The van der Waals surface area contributed by atoms with Gasteiger partial charge in [0.15, 0.2) is 0 Å². The van der Waals surface area contributed by atoms with Crippen LogP contribution in [0.2, 0.25) is 0 Å². The molecule has 3 nitrogen and oxygen atoms in total. The van der Waals surface area contributed by atoms with Crippen LogP contribution < -0.4 is 0 Å². The summed E-state index contributed by atoms with van der Waals surface area (Å²) in [4.78, 5) is 27.5. The van der Waals surface area contributed by atoms with E-state index in [1.165, 1.54) is 0 Å². The van der Waals surface area contributed by atoms with Gasteiger partial charge in [0.1, 0.15) is 0 Å². The fourth-order valence-electron chi connectivity index (χ4n) is 1.01. The summed E-state index contributed by atoms with van der Waals surface area (Å²) in [7, 11) is -4.35. The molecule has 68 valence electrons. The molecular weight excluding hydrogens is 175 g/mol. The number of hydrogen-bond donors (Lipinski definition) is 3. The molecule has 0 bridgehead atoms. The van der Waals surface area contributed by atoms with Gasteiger partial charge in [0, 0.05) is 0 Å². The summed E-state index contributed by atoms with van der Waals surface area (Å²) in [5.41, 5.74) is 0.727. The quantitative estimate of drug-likeness (QED) is 0.609. The summed E-state index contributed by atoms with van der Waals surface area (Å²) >= 11 is 0. The molecule has 0 spiro atoms. The van der Waals surface area contributed by atoms with E-state index in [4.69, 9.17) is 0 Å². The van der Waals surface area contributed by atoms with E-state index in [0.29, 0.717) is 0 Å². The monoisotopic (exact) mass is 188 g/mol. The maximum absolute atomic E-state index is 9.18. The zero-order valence-corrected chi connectivity index (χ0v) is 7.78. The molecule has 3 N–H and O–H groups in total. The molecule has 0 fully saturated rings. The summed E-state index contributed by atoms with van der Waals surface area (Å²) in [5.74, 6) is 0. The standard InChI is InChI=1S/C8H13O3P/c1-12(9,10,11)7-8-5-3-2-4-6-8/h2-6,9-11H,7H2,1H3. The van der Waals surface area contributed by atoms with E-state index >= 15 is 0 Å². The minimum absolute atomic E-state index is 0.0769. The predicted molar refractivity (Wildman–Crippen MR) is 49.6 cm³/mol. The zero-order valence-electron chi connectivity index (χ0n) is 6.88. The van der Waals surface area contributed by atoms with Crippen molar-refractivity contribution in [2.24, 2.45) is 0 Å². The molecule has 0 unspecified atom stereocenters. The SMILES string of the molecule is CP(O)(O)(O)Cc1ccccc1. The molecule has 0 aromatic heterocycles. The topological polar surface area (TPSA) is 60.7 Å². The molecule has 12 heavy (non-hydrogen) atoms. The molecule has 1 rings (SSSR count). The van der Waals surface area contributed by atoms with E-state index in [1.807, 2.05) is 6.07 Å². The van der Waals surface area contributed by atoms with Crippen LogP contribution in [0.15, 0.2) is 30.3 Å². The molecule has 0 heterocycles. The van der Waals surface area contributed by atoms with Crippen LogP contribution in [-0.2, 0) is 6.16 Å². The van der Waals surface area contributed by atoms with Gasteiger partial charge in [-0.2, -0.15) is 0 Å². The molecule has 0 saturated carbocycles. The summed E-state index contributed by atoms with van der Waals surface area (Å²) in [6.07, 6.45) is -0.0769. The Hall–Kier alpha value is -0.470. The van der Waals surface area contributed by atoms with Crippen molar-refractivity contribution >= 4 is 7.28 Å². The van der Waals surface area contributed by atoms with Gasteiger partial charge >= 0.3 is 70.7 Å². The van der Waals surface area contributed by atoms with Crippen molar-refractivity contribution in [1.29, 1.82) is 0 Å². The third kappa shape index (κ3) is 3.79. The van der Waals surface area contributed by atoms with Crippen molar-refractivity contribution in [3.05, 3.63) is 35.9 Å². The van der Waals surface area contributed by atoms with Crippen molar-refractivity contribution in [2.75, 3.05) is 6.66 Å². The van der Waals surface area contributed by atoms with Gasteiger partial charge in [-0.1, -0.05) is 0 Å². The van der Waals surface area contributed by atoms with Gasteiger partial charge in [0.2, 0.25) is 0 Å². The van der Waals surface area contributed by atoms with Gasteiger partial charge in [0.05, 0.1) is 0 Å². The first-order chi connectivity index (χ1) is 5.33. The molecule has 1 aromatic rings. The van der Waals surface area contributed by atoms with Crippen LogP contribution >= 0.6 is 7.28 Å². The van der Waals surface area contributed by atoms with Crippen LogP contribution in [0.5, 0.6) is 0 Å². The average Bonchev–Trinajstić information content (AvgIpc) is 1.83. The minimum atomic E-state index is -4.35. The summed E-state index contributed by atoms with van der Waals surface area (Å²) in [5, 5.41) is 0. The molecule has 0 aliphatic carbocycles. The maximum atomic E-state index is 9.18. The van der Waals surface area contributed by atoms with Crippen LogP contribution in [0.4, 0.5) is 0 Å². The summed E-state index contributed by atoms with van der Waals surface area (Å²) < 4.78 is 0. The van der Waals surface area contributed by atoms with E-state index in [9.17, 15) is 14.7 Å². The first-order valence-corrected chi connectivity index (χ1v) is 6.35. The van der Waals surface area contributed by atoms with Crippen molar-refractivity contribution in [2.45, 2.75) is 6.16 Å². The van der Waals surface area contributed by atoms with Crippen LogP contribution in [0.1, 0.15) is 5.56 Å². The Morgan fingerprint density at radius 2 is 1.58 bits per heavy atom. The second-order valence-electron chi connectivity index (χ2n) is 3.25. The van der Waals surface area contributed by atoms with Gasteiger partial charge in [-0.15, -0.1) is 0 Å². The Labute approximate surface area is 71.5 Å². The third-order valence-corrected chi connectivity index (χ3v) is 2.50. The Balaban J connectivity index is 2.79. The van der Waals surface area contributed by atoms with Gasteiger partial charge in [-0.05, 0) is 0 Å². The summed E-state index contributed by atoms with van der Waals surface area (Å²) in [6.45, 7) is 1.08. The molecule has 0 aliphatic rings.